The quantitative estimate of drug-likeness (QED) is 0.591. The minimum absolute atomic E-state index is 0.0630. The van der Waals surface area contributed by atoms with Crippen molar-refractivity contribution in [3.05, 3.63) is 53.9 Å². The van der Waals surface area contributed by atoms with Crippen molar-refractivity contribution < 1.29 is 15.0 Å². The fourth-order valence-electron chi connectivity index (χ4n) is 1.37. The number of carbonyl (C=O) groups excluding carboxylic acids is 1. The molecule has 0 spiro atoms. The highest BCUT2D eigenvalue weighted by Gasteiger charge is 2.15. The molecule has 0 bridgehead atoms. The van der Waals surface area contributed by atoms with Crippen molar-refractivity contribution in [1.29, 1.82) is 0 Å². The van der Waals surface area contributed by atoms with Crippen LogP contribution in [0.2, 0.25) is 0 Å². The summed E-state index contributed by atoms with van der Waals surface area (Å²) in [4.78, 5) is 15.7. The Kier molecular flexibility index (Phi) is 2.55. The van der Waals surface area contributed by atoms with E-state index in [-0.39, 0.29) is 17.1 Å². The molecule has 0 fully saturated rings. The summed E-state index contributed by atoms with van der Waals surface area (Å²) in [6.45, 7) is 0. The van der Waals surface area contributed by atoms with Crippen LogP contribution in [0, 0.1) is 0 Å². The van der Waals surface area contributed by atoms with E-state index in [0.29, 0.717) is 5.56 Å². The van der Waals surface area contributed by atoms with E-state index in [1.807, 2.05) is 0 Å². The monoisotopic (exact) mass is 215 g/mol. The topological polar surface area (TPSA) is 70.4 Å². The van der Waals surface area contributed by atoms with Crippen LogP contribution in [0.3, 0.4) is 0 Å². The largest absolute Gasteiger partial charge is 0.504 e. The second kappa shape index (κ2) is 4.02. The molecule has 0 radical (unpaired) electrons. The van der Waals surface area contributed by atoms with Gasteiger partial charge in [-0.3, -0.25) is 9.78 Å². The fraction of sp³-hybridized carbons (Fsp3) is 0. The number of benzene rings is 1. The molecule has 0 saturated carbocycles. The van der Waals surface area contributed by atoms with Gasteiger partial charge in [0.25, 0.3) is 0 Å². The number of aromatic hydroxyl groups is 2. The summed E-state index contributed by atoms with van der Waals surface area (Å²) in [7, 11) is 0. The van der Waals surface area contributed by atoms with Gasteiger partial charge in [0.05, 0.1) is 5.56 Å². The molecule has 16 heavy (non-hydrogen) atoms. The standard InChI is InChI=1S/C12H9NO3/c14-10-5-1-4-9(12(10)16)11(15)8-3-2-6-13-7-8/h1-7,14,16H. The van der Waals surface area contributed by atoms with Crippen LogP contribution >= 0.6 is 0 Å². The lowest BCUT2D eigenvalue weighted by atomic mass is 10.0. The molecule has 0 amide bonds. The lowest BCUT2D eigenvalue weighted by molar-refractivity contribution is 0.103. The zero-order valence-corrected chi connectivity index (χ0v) is 8.29. The predicted molar refractivity (Wildman–Crippen MR) is 57.4 cm³/mol. The lowest BCUT2D eigenvalue weighted by Crippen LogP contribution is -2.01. The molecule has 0 aliphatic carbocycles. The van der Waals surface area contributed by atoms with E-state index in [0.717, 1.165) is 0 Å². The maximum atomic E-state index is 11.9. The Morgan fingerprint density at radius 2 is 1.94 bits per heavy atom. The van der Waals surface area contributed by atoms with Crippen LogP contribution in [-0.2, 0) is 0 Å². The Morgan fingerprint density at radius 1 is 1.12 bits per heavy atom. The lowest BCUT2D eigenvalue weighted by Gasteiger charge is -2.04. The molecule has 4 heteroatoms. The molecule has 1 aromatic heterocycles. The molecule has 1 aromatic carbocycles. The molecule has 0 saturated heterocycles. The normalized spacial score (nSPS) is 10.0. The Labute approximate surface area is 91.8 Å². The van der Waals surface area contributed by atoms with Gasteiger partial charge in [-0.05, 0) is 24.3 Å². The van der Waals surface area contributed by atoms with Gasteiger partial charge in [-0.25, -0.2) is 0 Å². The third kappa shape index (κ3) is 1.72. The van der Waals surface area contributed by atoms with Crippen molar-refractivity contribution in [3.8, 4) is 11.5 Å². The van der Waals surface area contributed by atoms with Gasteiger partial charge in [-0.2, -0.15) is 0 Å². The first-order chi connectivity index (χ1) is 7.70. The highest BCUT2D eigenvalue weighted by atomic mass is 16.3. The number of rotatable bonds is 2. The van der Waals surface area contributed by atoms with Gasteiger partial charge >= 0.3 is 0 Å². The number of hydrogen-bond acceptors (Lipinski definition) is 4. The number of hydrogen-bond donors (Lipinski definition) is 2. The number of carbonyl (C=O) groups is 1. The molecule has 2 aromatic rings. The van der Waals surface area contributed by atoms with E-state index in [2.05, 4.69) is 4.98 Å². The summed E-state index contributed by atoms with van der Waals surface area (Å²) in [6.07, 6.45) is 2.96. The van der Waals surface area contributed by atoms with Gasteiger partial charge in [0.1, 0.15) is 0 Å². The van der Waals surface area contributed by atoms with Crippen LogP contribution in [0.5, 0.6) is 11.5 Å². The Balaban J connectivity index is 2.46. The molecule has 2 N–H and O–H groups in total. The maximum Gasteiger partial charge on any atom is 0.198 e. The number of phenols is 2. The first kappa shape index (κ1) is 10.2. The average Bonchev–Trinajstić information content (AvgIpc) is 2.33. The summed E-state index contributed by atoms with van der Waals surface area (Å²) in [5, 5.41) is 18.8. The molecule has 80 valence electrons. The van der Waals surface area contributed by atoms with Crippen molar-refractivity contribution in [3.63, 3.8) is 0 Å². The predicted octanol–water partition coefficient (Wildman–Crippen LogP) is 1.72. The third-order valence-corrected chi connectivity index (χ3v) is 2.18. The van der Waals surface area contributed by atoms with Crippen molar-refractivity contribution in [1.82, 2.24) is 4.98 Å². The minimum atomic E-state index is -0.406. The summed E-state index contributed by atoms with van der Waals surface area (Å²) < 4.78 is 0. The first-order valence-electron chi connectivity index (χ1n) is 4.66. The van der Waals surface area contributed by atoms with Gasteiger partial charge in [0, 0.05) is 18.0 Å². The first-order valence-corrected chi connectivity index (χ1v) is 4.66. The zero-order chi connectivity index (χ0) is 11.5. The molecular weight excluding hydrogens is 206 g/mol. The van der Waals surface area contributed by atoms with Crippen molar-refractivity contribution >= 4 is 5.78 Å². The van der Waals surface area contributed by atoms with Crippen molar-refractivity contribution in [2.45, 2.75) is 0 Å². The summed E-state index contributed by atoms with van der Waals surface area (Å²) in [5.74, 6) is -1.09. The Hall–Kier alpha value is -2.36. The number of ketones is 1. The van der Waals surface area contributed by atoms with E-state index < -0.39 is 5.75 Å². The smallest absolute Gasteiger partial charge is 0.198 e. The molecule has 2 rings (SSSR count). The molecule has 0 aliphatic heterocycles. The van der Waals surface area contributed by atoms with Gasteiger partial charge in [-0.1, -0.05) is 6.07 Å². The SMILES string of the molecule is O=C(c1cccnc1)c1cccc(O)c1O. The van der Waals surface area contributed by atoms with E-state index in [1.165, 1.54) is 24.4 Å². The summed E-state index contributed by atoms with van der Waals surface area (Å²) in [5.41, 5.74) is 0.427. The molecule has 1 heterocycles. The number of pyridine rings is 1. The van der Waals surface area contributed by atoms with Gasteiger partial charge in [0.15, 0.2) is 17.3 Å². The molecule has 4 nitrogen and oxygen atoms in total. The van der Waals surface area contributed by atoms with Crippen LogP contribution in [-0.4, -0.2) is 21.0 Å². The average molecular weight is 215 g/mol. The van der Waals surface area contributed by atoms with Crippen LogP contribution in [0.4, 0.5) is 0 Å². The summed E-state index contributed by atoms with van der Waals surface area (Å²) >= 11 is 0. The maximum absolute atomic E-state index is 11.9. The Morgan fingerprint density at radius 3 is 2.62 bits per heavy atom. The van der Waals surface area contributed by atoms with Crippen molar-refractivity contribution in [2.75, 3.05) is 0 Å². The molecule has 0 unspecified atom stereocenters. The third-order valence-electron chi connectivity index (χ3n) is 2.18. The second-order valence-corrected chi connectivity index (χ2v) is 3.24. The van der Waals surface area contributed by atoms with Crippen LogP contribution in [0.1, 0.15) is 15.9 Å². The summed E-state index contributed by atoms with van der Waals surface area (Å²) in [6, 6.07) is 7.49. The van der Waals surface area contributed by atoms with E-state index in [9.17, 15) is 15.0 Å². The number of para-hydroxylation sites is 1. The van der Waals surface area contributed by atoms with Crippen LogP contribution in [0.15, 0.2) is 42.7 Å². The van der Waals surface area contributed by atoms with Crippen molar-refractivity contribution in [2.24, 2.45) is 0 Å². The molecular formula is C12H9NO3. The number of phenolic OH excluding ortho intramolecular Hbond substituents is 2. The van der Waals surface area contributed by atoms with Gasteiger partial charge in [0.2, 0.25) is 0 Å². The highest BCUT2D eigenvalue weighted by Crippen LogP contribution is 2.29. The second-order valence-electron chi connectivity index (χ2n) is 3.24. The van der Waals surface area contributed by atoms with E-state index in [4.69, 9.17) is 0 Å². The molecule has 0 aliphatic rings. The highest BCUT2D eigenvalue weighted by molar-refractivity contribution is 6.10. The van der Waals surface area contributed by atoms with Gasteiger partial charge in [-0.15, -0.1) is 0 Å². The molecule has 0 atom stereocenters. The van der Waals surface area contributed by atoms with E-state index >= 15 is 0 Å². The Bertz CT molecular complexity index is 523. The number of nitrogens with zero attached hydrogens (tertiary/aromatic N) is 1. The zero-order valence-electron chi connectivity index (χ0n) is 8.29. The minimum Gasteiger partial charge on any atom is -0.504 e. The van der Waals surface area contributed by atoms with E-state index in [1.54, 1.807) is 18.3 Å². The van der Waals surface area contributed by atoms with Crippen LogP contribution < -0.4 is 0 Å². The fourth-order valence-corrected chi connectivity index (χ4v) is 1.37. The van der Waals surface area contributed by atoms with Crippen LogP contribution in [0.25, 0.3) is 0 Å². The number of aromatic nitrogens is 1. The van der Waals surface area contributed by atoms with Gasteiger partial charge < -0.3 is 10.2 Å².